The molecule has 0 spiro atoms. The Balaban J connectivity index is 0. The first-order chi connectivity index (χ1) is 7.33. The molecule has 3 nitrogen and oxygen atoms in total. The lowest BCUT2D eigenvalue weighted by Crippen LogP contribution is -2.19. The number of rotatable bonds is 2. The molecule has 0 saturated heterocycles. The Morgan fingerprint density at radius 2 is 1.67 bits per heavy atom. The van der Waals surface area contributed by atoms with Crippen LogP contribution in [0.3, 0.4) is 0 Å². The smallest absolute Gasteiger partial charge is 0.224 e. The Hall–Kier alpha value is -1.38. The van der Waals surface area contributed by atoms with Gasteiger partial charge in [0.1, 0.15) is 0 Å². The summed E-state index contributed by atoms with van der Waals surface area (Å²) >= 11 is 0. The highest BCUT2D eigenvalue weighted by atomic mass is 16.1. The van der Waals surface area contributed by atoms with Gasteiger partial charge >= 0.3 is 0 Å². The van der Waals surface area contributed by atoms with Crippen molar-refractivity contribution in [3.63, 3.8) is 0 Å². The van der Waals surface area contributed by atoms with Crippen LogP contribution in [-0.2, 0) is 11.2 Å². The van der Waals surface area contributed by atoms with Crippen molar-refractivity contribution >= 4 is 5.91 Å². The van der Waals surface area contributed by atoms with Gasteiger partial charge in [-0.3, -0.25) is 9.78 Å². The van der Waals surface area contributed by atoms with Gasteiger partial charge in [0.15, 0.2) is 0 Å². The molecule has 0 aliphatic rings. The minimum Gasteiger partial charge on any atom is -0.359 e. The van der Waals surface area contributed by atoms with Gasteiger partial charge in [0.25, 0.3) is 0 Å². The number of aromatic nitrogens is 1. The number of hydrogen-bond acceptors (Lipinski definition) is 2. The highest BCUT2D eigenvalue weighted by Gasteiger charge is 1.97. The number of nitrogens with zero attached hydrogens (tertiary/aromatic N) is 1. The lowest BCUT2D eigenvalue weighted by atomic mass is 10.2. The largest absolute Gasteiger partial charge is 0.359 e. The number of carbonyl (C=O) groups is 1. The quantitative estimate of drug-likeness (QED) is 0.814. The molecule has 1 rings (SSSR count). The Kier molecular flexibility index (Phi) is 13.5. The molecule has 0 radical (unpaired) electrons. The summed E-state index contributed by atoms with van der Waals surface area (Å²) in [5.41, 5.74) is 0.986. The second-order valence-electron chi connectivity index (χ2n) is 2.21. The highest BCUT2D eigenvalue weighted by Crippen LogP contribution is 1.96. The van der Waals surface area contributed by atoms with Crippen LogP contribution in [0.1, 0.15) is 33.3 Å². The normalized spacial score (nSPS) is 7.53. The van der Waals surface area contributed by atoms with Gasteiger partial charge in [-0.05, 0) is 17.7 Å². The summed E-state index contributed by atoms with van der Waals surface area (Å²) in [7, 11) is 1.63. The summed E-state index contributed by atoms with van der Waals surface area (Å²) in [5.74, 6) is 0.0243. The number of hydrogen-bond donors (Lipinski definition) is 1. The first-order valence-electron chi connectivity index (χ1n) is 5.42. The van der Waals surface area contributed by atoms with Crippen LogP contribution < -0.4 is 5.32 Å². The molecular weight excluding hydrogens is 188 g/mol. The van der Waals surface area contributed by atoms with Crippen molar-refractivity contribution in [3.8, 4) is 0 Å². The van der Waals surface area contributed by atoms with Crippen LogP contribution >= 0.6 is 0 Å². The van der Waals surface area contributed by atoms with Crippen LogP contribution in [-0.4, -0.2) is 17.9 Å². The van der Waals surface area contributed by atoms with E-state index in [1.807, 2.05) is 39.8 Å². The van der Waals surface area contributed by atoms with E-state index < -0.39 is 0 Å². The van der Waals surface area contributed by atoms with Gasteiger partial charge in [-0.25, -0.2) is 0 Å². The van der Waals surface area contributed by atoms with Crippen LogP contribution in [0, 0.1) is 0 Å². The maximum atomic E-state index is 10.8. The highest BCUT2D eigenvalue weighted by molar-refractivity contribution is 5.78. The molecule has 3 heteroatoms. The fraction of sp³-hybridized carbons (Fsp3) is 0.500. The van der Waals surface area contributed by atoms with Crippen molar-refractivity contribution in [1.82, 2.24) is 10.3 Å². The number of nitrogens with one attached hydrogen (secondary N) is 1. The van der Waals surface area contributed by atoms with E-state index in [9.17, 15) is 4.79 Å². The van der Waals surface area contributed by atoms with E-state index in [0.717, 1.165) is 5.56 Å². The third kappa shape index (κ3) is 8.94. The van der Waals surface area contributed by atoms with Crippen LogP contribution in [0.2, 0.25) is 0 Å². The molecule has 1 aromatic heterocycles. The maximum absolute atomic E-state index is 10.8. The molecule has 1 N–H and O–H groups in total. The van der Waals surface area contributed by atoms with Crippen molar-refractivity contribution in [2.24, 2.45) is 0 Å². The summed E-state index contributed by atoms with van der Waals surface area (Å²) in [6.07, 6.45) is 3.79. The second kappa shape index (κ2) is 12.6. The lowest BCUT2D eigenvalue weighted by Gasteiger charge is -1.97. The Bertz CT molecular complexity index is 235. The minimum atomic E-state index is 0.0243. The average molecular weight is 210 g/mol. The number of likely N-dealkylation sites (N-methyl/N-ethyl adjacent to an activating group) is 1. The molecule has 0 aliphatic heterocycles. The maximum Gasteiger partial charge on any atom is 0.224 e. The summed E-state index contributed by atoms with van der Waals surface area (Å²) in [6, 6.07) is 3.66. The van der Waals surface area contributed by atoms with Gasteiger partial charge in [-0.15, -0.1) is 0 Å². The summed E-state index contributed by atoms with van der Waals surface area (Å²) in [4.78, 5) is 14.7. The second-order valence-corrected chi connectivity index (χ2v) is 2.21. The van der Waals surface area contributed by atoms with Crippen molar-refractivity contribution in [1.29, 1.82) is 0 Å². The molecule has 15 heavy (non-hydrogen) atoms. The zero-order chi connectivity index (χ0) is 12.1. The molecule has 86 valence electrons. The zero-order valence-electron chi connectivity index (χ0n) is 10.4. The Morgan fingerprint density at radius 3 is 2.07 bits per heavy atom. The van der Waals surface area contributed by atoms with E-state index in [-0.39, 0.29) is 5.91 Å². The topological polar surface area (TPSA) is 42.0 Å². The van der Waals surface area contributed by atoms with E-state index >= 15 is 0 Å². The van der Waals surface area contributed by atoms with Crippen LogP contribution in [0.15, 0.2) is 24.5 Å². The fourth-order valence-corrected chi connectivity index (χ4v) is 0.774. The number of amides is 1. The van der Waals surface area contributed by atoms with E-state index in [2.05, 4.69) is 10.3 Å². The Labute approximate surface area is 92.9 Å². The molecular formula is C12H22N2O. The summed E-state index contributed by atoms with van der Waals surface area (Å²) in [5, 5.41) is 2.55. The van der Waals surface area contributed by atoms with Gasteiger partial charge in [-0.2, -0.15) is 0 Å². The molecule has 0 saturated carbocycles. The van der Waals surface area contributed by atoms with Crippen LogP contribution in [0.4, 0.5) is 0 Å². The van der Waals surface area contributed by atoms with E-state index in [4.69, 9.17) is 0 Å². The first kappa shape index (κ1) is 16.1. The SMILES string of the molecule is CC.CC.CNC(=O)Cc1ccncc1. The van der Waals surface area contributed by atoms with Gasteiger partial charge < -0.3 is 5.32 Å². The molecule has 1 aromatic rings. The molecule has 0 aliphatic carbocycles. The van der Waals surface area contributed by atoms with E-state index in [0.29, 0.717) is 6.42 Å². The van der Waals surface area contributed by atoms with Crippen molar-refractivity contribution < 1.29 is 4.79 Å². The van der Waals surface area contributed by atoms with E-state index in [1.54, 1.807) is 19.4 Å². The van der Waals surface area contributed by atoms with Gasteiger partial charge in [0.2, 0.25) is 5.91 Å². The molecule has 1 amide bonds. The average Bonchev–Trinajstić information content (AvgIpc) is 2.35. The van der Waals surface area contributed by atoms with Crippen molar-refractivity contribution in [2.45, 2.75) is 34.1 Å². The molecule has 0 atom stereocenters. The standard InChI is InChI=1S/C8H10N2O.2C2H6/c1-9-8(11)6-7-2-4-10-5-3-7;2*1-2/h2-5H,6H2,1H3,(H,9,11);2*1-2H3. The number of pyridine rings is 1. The van der Waals surface area contributed by atoms with Crippen LogP contribution in [0.25, 0.3) is 0 Å². The van der Waals surface area contributed by atoms with Gasteiger partial charge in [0.05, 0.1) is 6.42 Å². The van der Waals surface area contributed by atoms with Gasteiger partial charge in [0, 0.05) is 19.4 Å². The monoisotopic (exact) mass is 210 g/mol. The van der Waals surface area contributed by atoms with E-state index in [1.165, 1.54) is 0 Å². The predicted octanol–water partition coefficient (Wildman–Crippen LogP) is 2.42. The molecule has 1 heterocycles. The Morgan fingerprint density at radius 1 is 1.20 bits per heavy atom. The fourth-order valence-electron chi connectivity index (χ4n) is 0.774. The third-order valence-electron chi connectivity index (χ3n) is 1.39. The molecule has 0 aromatic carbocycles. The molecule has 0 bridgehead atoms. The first-order valence-corrected chi connectivity index (χ1v) is 5.42. The van der Waals surface area contributed by atoms with Crippen molar-refractivity contribution in [2.75, 3.05) is 7.05 Å². The zero-order valence-corrected chi connectivity index (χ0v) is 10.4. The summed E-state index contributed by atoms with van der Waals surface area (Å²) in [6.45, 7) is 8.00. The molecule has 0 fully saturated rings. The number of carbonyl (C=O) groups excluding carboxylic acids is 1. The third-order valence-corrected chi connectivity index (χ3v) is 1.39. The summed E-state index contributed by atoms with van der Waals surface area (Å²) < 4.78 is 0. The van der Waals surface area contributed by atoms with Gasteiger partial charge in [-0.1, -0.05) is 27.7 Å². The molecule has 0 unspecified atom stereocenters. The lowest BCUT2D eigenvalue weighted by molar-refractivity contribution is -0.119. The van der Waals surface area contributed by atoms with Crippen LogP contribution in [0.5, 0.6) is 0 Å². The minimum absolute atomic E-state index is 0.0243. The predicted molar refractivity (Wildman–Crippen MR) is 64.7 cm³/mol. The van der Waals surface area contributed by atoms with Crippen molar-refractivity contribution in [3.05, 3.63) is 30.1 Å².